The van der Waals surface area contributed by atoms with Gasteiger partial charge in [-0.2, -0.15) is 0 Å². The van der Waals surface area contributed by atoms with E-state index in [1.165, 1.54) is 0 Å². The third-order valence-corrected chi connectivity index (χ3v) is 3.25. The van der Waals surface area contributed by atoms with E-state index in [0.717, 1.165) is 6.26 Å². The predicted molar refractivity (Wildman–Crippen MR) is 61.4 cm³/mol. The average molecular weight is 298 g/mol. The minimum Gasteiger partial charge on any atom is -0.409 e. The summed E-state index contributed by atoms with van der Waals surface area (Å²) in [6.45, 7) is 3.45. The van der Waals surface area contributed by atoms with Crippen LogP contribution in [0.2, 0.25) is 0 Å². The molecule has 90 valence electrons. The molecule has 0 saturated carbocycles. The fourth-order valence-electron chi connectivity index (χ4n) is 0.597. The number of hydrogen-bond acceptors (Lipinski definition) is 4. The van der Waals surface area contributed by atoms with Crippen LogP contribution in [-0.4, -0.2) is 18.6 Å². The van der Waals surface area contributed by atoms with Crippen molar-refractivity contribution < 1.29 is 18.1 Å². The predicted octanol–water partition coefficient (Wildman–Crippen LogP) is 4.07. The summed E-state index contributed by atoms with van der Waals surface area (Å²) < 4.78 is 26.2. The van der Waals surface area contributed by atoms with Crippen molar-refractivity contribution in [2.24, 2.45) is 0 Å². The van der Waals surface area contributed by atoms with E-state index in [-0.39, 0.29) is 17.0 Å². The molecule has 0 fully saturated rings. The minimum atomic E-state index is -3.68. The fraction of sp³-hybridized carbons (Fsp3) is 0.714. The molecule has 0 radical (unpaired) electrons. The van der Waals surface area contributed by atoms with E-state index < -0.39 is 13.9 Å². The van der Waals surface area contributed by atoms with E-state index in [0.29, 0.717) is 0 Å². The zero-order valence-electron chi connectivity index (χ0n) is 8.28. The van der Waals surface area contributed by atoms with Gasteiger partial charge < -0.3 is 4.52 Å². The molecule has 4 nitrogen and oxygen atoms in total. The molecule has 0 N–H and O–H groups in total. The summed E-state index contributed by atoms with van der Waals surface area (Å²) in [4.78, 5) is 0. The van der Waals surface area contributed by atoms with Crippen LogP contribution in [-0.2, 0) is 18.1 Å². The molecule has 0 spiro atoms. The van der Waals surface area contributed by atoms with Gasteiger partial charge in [0.1, 0.15) is 10.8 Å². The molecule has 15 heavy (non-hydrogen) atoms. The monoisotopic (exact) mass is 296 g/mol. The molecule has 0 rings (SSSR count). The summed E-state index contributed by atoms with van der Waals surface area (Å²) >= 11 is 16.1. The normalized spacial score (nSPS) is 16.6. The van der Waals surface area contributed by atoms with Crippen LogP contribution in [0.1, 0.15) is 13.8 Å². The SMILES string of the molecule is CCOP(=O)(OC=C(Cl)Cl)OC(C)CCl. The molecule has 0 aliphatic carbocycles. The zero-order chi connectivity index (χ0) is 11.9. The smallest absolute Gasteiger partial charge is 0.409 e. The Hall–Kier alpha value is 0.560. The lowest BCUT2D eigenvalue weighted by atomic mass is 10.5. The number of halogens is 3. The fourth-order valence-corrected chi connectivity index (χ4v) is 2.20. The highest BCUT2D eigenvalue weighted by Gasteiger charge is 2.29. The van der Waals surface area contributed by atoms with E-state index in [2.05, 4.69) is 0 Å². The third-order valence-electron chi connectivity index (χ3n) is 1.08. The third kappa shape index (κ3) is 7.45. The molecular formula is C7H12Cl3O4P. The van der Waals surface area contributed by atoms with E-state index in [1.54, 1.807) is 13.8 Å². The molecule has 0 aromatic carbocycles. The van der Waals surface area contributed by atoms with Crippen molar-refractivity contribution in [3.8, 4) is 0 Å². The van der Waals surface area contributed by atoms with Gasteiger partial charge in [0, 0.05) is 5.88 Å². The Labute approximate surface area is 104 Å². The van der Waals surface area contributed by atoms with Crippen molar-refractivity contribution in [3.05, 3.63) is 10.8 Å². The lowest BCUT2D eigenvalue weighted by molar-refractivity contribution is 0.120. The van der Waals surface area contributed by atoms with E-state index in [9.17, 15) is 4.57 Å². The number of rotatable bonds is 7. The van der Waals surface area contributed by atoms with E-state index in [4.69, 9.17) is 48.4 Å². The molecule has 0 amide bonds. The van der Waals surface area contributed by atoms with Crippen molar-refractivity contribution >= 4 is 42.6 Å². The van der Waals surface area contributed by atoms with Gasteiger partial charge in [0.05, 0.1) is 12.7 Å². The second kappa shape index (κ2) is 7.77. The molecule has 8 heteroatoms. The molecule has 0 saturated heterocycles. The average Bonchev–Trinajstić information content (AvgIpc) is 2.15. The van der Waals surface area contributed by atoms with Gasteiger partial charge in [-0.3, -0.25) is 9.05 Å². The van der Waals surface area contributed by atoms with Gasteiger partial charge in [-0.15, -0.1) is 11.6 Å². The van der Waals surface area contributed by atoms with Crippen LogP contribution < -0.4 is 0 Å². The first kappa shape index (κ1) is 15.6. The van der Waals surface area contributed by atoms with Crippen LogP contribution in [0.25, 0.3) is 0 Å². The highest BCUT2D eigenvalue weighted by atomic mass is 35.5. The maximum Gasteiger partial charge on any atom is 0.529 e. The Morgan fingerprint density at radius 2 is 2.13 bits per heavy atom. The second-order valence-electron chi connectivity index (χ2n) is 2.45. The van der Waals surface area contributed by atoms with Crippen molar-refractivity contribution in [1.29, 1.82) is 0 Å². The van der Waals surface area contributed by atoms with Gasteiger partial charge in [0.15, 0.2) is 0 Å². The Morgan fingerprint density at radius 1 is 1.53 bits per heavy atom. The van der Waals surface area contributed by atoms with Gasteiger partial charge >= 0.3 is 7.82 Å². The number of alkyl halides is 1. The summed E-state index contributed by atoms with van der Waals surface area (Å²) in [6.07, 6.45) is 0.423. The van der Waals surface area contributed by atoms with Crippen LogP contribution in [0.15, 0.2) is 10.8 Å². The van der Waals surface area contributed by atoms with Gasteiger partial charge in [0.25, 0.3) is 0 Å². The van der Waals surface area contributed by atoms with Crippen LogP contribution in [0.4, 0.5) is 0 Å². The van der Waals surface area contributed by atoms with Gasteiger partial charge in [-0.25, -0.2) is 4.57 Å². The van der Waals surface area contributed by atoms with E-state index in [1.807, 2.05) is 0 Å². The molecule has 2 atom stereocenters. The molecule has 0 aliphatic rings. The van der Waals surface area contributed by atoms with Gasteiger partial charge in [-0.05, 0) is 13.8 Å². The van der Waals surface area contributed by atoms with E-state index >= 15 is 0 Å². The standard InChI is InChI=1S/C7H12Cl3O4P/c1-3-12-15(11,13-5-7(9)10)14-6(2)4-8/h5-6H,3-4H2,1-2H3. The molecule has 0 heterocycles. The number of phosphoric ester groups is 1. The highest BCUT2D eigenvalue weighted by molar-refractivity contribution is 7.48. The largest absolute Gasteiger partial charge is 0.529 e. The molecule has 2 unspecified atom stereocenters. The van der Waals surface area contributed by atoms with Gasteiger partial charge in [-0.1, -0.05) is 23.2 Å². The Bertz CT molecular complexity index is 255. The molecule has 0 aromatic heterocycles. The van der Waals surface area contributed by atoms with Crippen LogP contribution in [0.5, 0.6) is 0 Å². The first-order chi connectivity index (χ1) is 6.93. The molecular weight excluding hydrogens is 285 g/mol. The minimum absolute atomic E-state index is 0.165. The lowest BCUT2D eigenvalue weighted by Crippen LogP contribution is -2.10. The highest BCUT2D eigenvalue weighted by Crippen LogP contribution is 2.51. The topological polar surface area (TPSA) is 44.8 Å². The summed E-state index contributed by atoms with van der Waals surface area (Å²) in [6, 6.07) is 0. The quantitative estimate of drug-likeness (QED) is 0.404. The van der Waals surface area contributed by atoms with Crippen molar-refractivity contribution in [2.75, 3.05) is 12.5 Å². The first-order valence-electron chi connectivity index (χ1n) is 4.12. The Balaban J connectivity index is 4.45. The summed E-state index contributed by atoms with van der Waals surface area (Å²) in [5.41, 5.74) is 0. The van der Waals surface area contributed by atoms with Crippen LogP contribution in [0.3, 0.4) is 0 Å². The number of phosphoric acid groups is 1. The Morgan fingerprint density at radius 3 is 2.53 bits per heavy atom. The zero-order valence-corrected chi connectivity index (χ0v) is 11.4. The van der Waals surface area contributed by atoms with Crippen LogP contribution in [0, 0.1) is 0 Å². The maximum atomic E-state index is 11.8. The summed E-state index contributed by atoms with van der Waals surface area (Å²) in [5, 5.41) is 0. The summed E-state index contributed by atoms with van der Waals surface area (Å²) in [5.74, 6) is 0.165. The maximum absolute atomic E-state index is 11.8. The van der Waals surface area contributed by atoms with Crippen molar-refractivity contribution in [1.82, 2.24) is 0 Å². The first-order valence-corrected chi connectivity index (χ1v) is 6.87. The van der Waals surface area contributed by atoms with Gasteiger partial charge in [0.2, 0.25) is 0 Å². The van der Waals surface area contributed by atoms with Crippen molar-refractivity contribution in [2.45, 2.75) is 20.0 Å². The second-order valence-corrected chi connectivity index (χ2v) is 5.34. The molecule has 0 bridgehead atoms. The lowest BCUT2D eigenvalue weighted by Gasteiger charge is -2.18. The van der Waals surface area contributed by atoms with Crippen molar-refractivity contribution in [3.63, 3.8) is 0 Å². The Kier molecular flexibility index (Phi) is 8.06. The van der Waals surface area contributed by atoms with Crippen LogP contribution >= 0.6 is 42.6 Å². The molecule has 0 aromatic rings. The number of hydrogen-bond donors (Lipinski definition) is 0. The molecule has 0 aliphatic heterocycles. The summed E-state index contributed by atoms with van der Waals surface area (Å²) in [7, 11) is -3.68.